The molecule has 5 rings (SSSR count). The van der Waals surface area contributed by atoms with Crippen LogP contribution >= 0.6 is 0 Å². The third-order valence-electron chi connectivity index (χ3n) is 5.79. The van der Waals surface area contributed by atoms with Gasteiger partial charge in [-0.2, -0.15) is 0 Å². The molecule has 2 aromatic carbocycles. The Morgan fingerprint density at radius 1 is 1.11 bits per heavy atom. The number of carbonyl (C=O) groups is 1. The van der Waals surface area contributed by atoms with Gasteiger partial charge in [0.05, 0.1) is 25.3 Å². The van der Waals surface area contributed by atoms with Crippen molar-refractivity contribution >= 4 is 17.7 Å². The van der Waals surface area contributed by atoms with Crippen LogP contribution in [0.3, 0.4) is 0 Å². The second kappa shape index (κ2) is 7.28. The Morgan fingerprint density at radius 3 is 2.86 bits per heavy atom. The molecule has 3 aliphatic rings. The van der Waals surface area contributed by atoms with E-state index in [4.69, 9.17) is 9.47 Å². The van der Waals surface area contributed by atoms with Gasteiger partial charge in [0, 0.05) is 0 Å². The third-order valence-corrected chi connectivity index (χ3v) is 5.79. The average Bonchev–Trinajstić information content (AvgIpc) is 3.21. The normalized spacial score (nSPS) is 22.6. The molecule has 2 heterocycles. The van der Waals surface area contributed by atoms with Crippen LogP contribution in [0, 0.1) is 0 Å². The summed E-state index contributed by atoms with van der Waals surface area (Å²) >= 11 is 0. The Bertz CT molecular complexity index is 948. The molecule has 4 heteroatoms. The van der Waals surface area contributed by atoms with Crippen LogP contribution < -0.4 is 0 Å². The highest BCUT2D eigenvalue weighted by Gasteiger charge is 2.39. The SMILES string of the molecule is O=C(OCc1ccccc1)N1C2C=C(c3cccc4c3CC=C4)CC1COC2. The number of hydrogen-bond donors (Lipinski definition) is 0. The second-order valence-corrected chi connectivity index (χ2v) is 7.58. The minimum Gasteiger partial charge on any atom is -0.445 e. The Morgan fingerprint density at radius 2 is 2.00 bits per heavy atom. The highest BCUT2D eigenvalue weighted by Crippen LogP contribution is 2.36. The summed E-state index contributed by atoms with van der Waals surface area (Å²) in [5.74, 6) is 0. The highest BCUT2D eigenvalue weighted by atomic mass is 16.6. The molecular formula is C24H23NO3. The Hall–Kier alpha value is -2.85. The van der Waals surface area contributed by atoms with Crippen LogP contribution in [0.5, 0.6) is 0 Å². The van der Waals surface area contributed by atoms with E-state index in [1.807, 2.05) is 35.2 Å². The minimum atomic E-state index is -0.252. The van der Waals surface area contributed by atoms with Crippen LogP contribution in [0.2, 0.25) is 0 Å². The van der Waals surface area contributed by atoms with E-state index in [1.54, 1.807) is 0 Å². The fraction of sp³-hybridized carbons (Fsp3) is 0.292. The molecule has 0 aromatic heterocycles. The van der Waals surface area contributed by atoms with Crippen LogP contribution in [0.15, 0.2) is 60.7 Å². The van der Waals surface area contributed by atoms with Gasteiger partial charge in [0.25, 0.3) is 0 Å². The van der Waals surface area contributed by atoms with Gasteiger partial charge in [-0.15, -0.1) is 0 Å². The van der Waals surface area contributed by atoms with Crippen LogP contribution in [-0.2, 0) is 22.5 Å². The zero-order valence-electron chi connectivity index (χ0n) is 15.7. The first-order chi connectivity index (χ1) is 13.8. The van der Waals surface area contributed by atoms with Crippen molar-refractivity contribution in [1.82, 2.24) is 4.90 Å². The number of hydrogen-bond acceptors (Lipinski definition) is 3. The van der Waals surface area contributed by atoms with E-state index < -0.39 is 0 Å². The first kappa shape index (κ1) is 17.3. The standard InChI is InChI=1S/C24H23NO3/c26-24(28-14-17-6-2-1-3-7-17)25-20-12-19(13-21(25)16-27-15-20)23-11-5-9-18-8-4-10-22(18)23/h1-9,11-12,20-21H,10,13-16H2. The molecule has 1 amide bonds. The highest BCUT2D eigenvalue weighted by molar-refractivity contribution is 5.78. The fourth-order valence-corrected chi connectivity index (χ4v) is 4.47. The Labute approximate surface area is 165 Å². The van der Waals surface area contributed by atoms with Gasteiger partial charge in [0.1, 0.15) is 6.61 Å². The lowest BCUT2D eigenvalue weighted by molar-refractivity contribution is -0.0342. The molecule has 2 aromatic rings. The largest absolute Gasteiger partial charge is 0.445 e. The summed E-state index contributed by atoms with van der Waals surface area (Å²) in [5.41, 5.74) is 6.35. The van der Waals surface area contributed by atoms with Crippen molar-refractivity contribution in [1.29, 1.82) is 0 Å². The predicted molar refractivity (Wildman–Crippen MR) is 109 cm³/mol. The van der Waals surface area contributed by atoms with Crippen LogP contribution in [-0.4, -0.2) is 36.3 Å². The lowest BCUT2D eigenvalue weighted by Gasteiger charge is -2.44. The van der Waals surface area contributed by atoms with Gasteiger partial charge in [0.2, 0.25) is 0 Å². The lowest BCUT2D eigenvalue weighted by atomic mass is 9.87. The minimum absolute atomic E-state index is 0.0206. The van der Waals surface area contributed by atoms with Crippen LogP contribution in [0.4, 0.5) is 4.79 Å². The third kappa shape index (κ3) is 3.14. The smallest absolute Gasteiger partial charge is 0.411 e. The number of morpholine rings is 1. The Kier molecular flexibility index (Phi) is 4.49. The summed E-state index contributed by atoms with van der Waals surface area (Å²) in [4.78, 5) is 14.7. The van der Waals surface area contributed by atoms with Crippen LogP contribution in [0.1, 0.15) is 28.7 Å². The van der Waals surface area contributed by atoms with Gasteiger partial charge in [0.15, 0.2) is 0 Å². The summed E-state index contributed by atoms with van der Waals surface area (Å²) in [7, 11) is 0. The van der Waals surface area contributed by atoms with E-state index in [2.05, 4.69) is 36.4 Å². The number of ether oxygens (including phenoxy) is 2. The van der Waals surface area contributed by atoms with Crippen molar-refractivity contribution in [3.8, 4) is 0 Å². The summed E-state index contributed by atoms with van der Waals surface area (Å²) in [5, 5.41) is 0. The maximum Gasteiger partial charge on any atom is 0.411 e. The van der Waals surface area contributed by atoms with E-state index in [0.717, 1.165) is 18.4 Å². The second-order valence-electron chi connectivity index (χ2n) is 7.58. The monoisotopic (exact) mass is 373 g/mol. The predicted octanol–water partition coefficient (Wildman–Crippen LogP) is 4.45. The van der Waals surface area contributed by atoms with Crippen molar-refractivity contribution in [2.75, 3.05) is 13.2 Å². The molecule has 0 radical (unpaired) electrons. The maximum atomic E-state index is 12.8. The van der Waals surface area contributed by atoms with Crippen molar-refractivity contribution in [2.24, 2.45) is 0 Å². The van der Waals surface area contributed by atoms with Gasteiger partial charge >= 0.3 is 6.09 Å². The molecule has 2 unspecified atom stereocenters. The molecule has 2 atom stereocenters. The molecule has 142 valence electrons. The molecule has 2 bridgehead atoms. The van der Waals surface area contributed by atoms with Crippen molar-refractivity contribution in [3.05, 3.63) is 82.9 Å². The molecule has 4 nitrogen and oxygen atoms in total. The molecule has 2 aliphatic heterocycles. The summed E-state index contributed by atoms with van der Waals surface area (Å²) in [6.45, 7) is 1.38. The first-order valence-electron chi connectivity index (χ1n) is 9.86. The van der Waals surface area contributed by atoms with E-state index in [0.29, 0.717) is 19.8 Å². The fourth-order valence-electron chi connectivity index (χ4n) is 4.47. The Balaban J connectivity index is 1.36. The molecule has 0 saturated carbocycles. The molecule has 1 saturated heterocycles. The van der Waals surface area contributed by atoms with Crippen molar-refractivity contribution in [3.63, 3.8) is 0 Å². The number of amides is 1. The summed E-state index contributed by atoms with van der Waals surface area (Å²) < 4.78 is 11.4. The number of carbonyl (C=O) groups excluding carboxylic acids is 1. The van der Waals surface area contributed by atoms with Crippen molar-refractivity contribution < 1.29 is 14.3 Å². The van der Waals surface area contributed by atoms with Gasteiger partial charge in [-0.3, -0.25) is 4.90 Å². The summed E-state index contributed by atoms with van der Waals surface area (Å²) in [6, 6.07) is 16.2. The number of fused-ring (bicyclic) bond motifs is 3. The van der Waals surface area contributed by atoms with E-state index in [1.165, 1.54) is 22.3 Å². The quantitative estimate of drug-likeness (QED) is 0.798. The molecule has 0 N–H and O–H groups in total. The summed E-state index contributed by atoms with van der Waals surface area (Å²) in [6.07, 6.45) is 8.14. The van der Waals surface area contributed by atoms with Gasteiger partial charge in [-0.1, -0.05) is 66.8 Å². The number of rotatable bonds is 3. The number of benzene rings is 2. The molecule has 28 heavy (non-hydrogen) atoms. The van der Waals surface area contributed by atoms with E-state index >= 15 is 0 Å². The molecule has 1 aliphatic carbocycles. The maximum absolute atomic E-state index is 12.8. The average molecular weight is 373 g/mol. The number of nitrogens with zero attached hydrogens (tertiary/aromatic N) is 1. The van der Waals surface area contributed by atoms with Crippen molar-refractivity contribution in [2.45, 2.75) is 31.5 Å². The number of allylic oxidation sites excluding steroid dienone is 1. The van der Waals surface area contributed by atoms with Gasteiger partial charge in [-0.05, 0) is 40.7 Å². The van der Waals surface area contributed by atoms with Gasteiger partial charge < -0.3 is 9.47 Å². The zero-order chi connectivity index (χ0) is 18.9. The van der Waals surface area contributed by atoms with Crippen LogP contribution in [0.25, 0.3) is 11.6 Å². The van der Waals surface area contributed by atoms with Gasteiger partial charge in [-0.25, -0.2) is 4.79 Å². The topological polar surface area (TPSA) is 38.8 Å². The van der Waals surface area contributed by atoms with E-state index in [-0.39, 0.29) is 18.2 Å². The van der Waals surface area contributed by atoms with E-state index in [9.17, 15) is 4.79 Å². The molecule has 1 fully saturated rings. The zero-order valence-corrected chi connectivity index (χ0v) is 15.7. The first-order valence-corrected chi connectivity index (χ1v) is 9.86. The lowest BCUT2D eigenvalue weighted by Crippen LogP contribution is -2.56. The molecular weight excluding hydrogens is 350 g/mol. The molecule has 0 spiro atoms.